The number of halogens is 1. The highest BCUT2D eigenvalue weighted by Gasteiger charge is 2.28. The molecular weight excluding hydrogens is 273 g/mol. The summed E-state index contributed by atoms with van der Waals surface area (Å²) >= 11 is 0. The Morgan fingerprint density at radius 2 is 2.43 bits per heavy atom. The van der Waals surface area contributed by atoms with E-state index >= 15 is 0 Å². The predicted molar refractivity (Wildman–Crippen MR) is 77.6 cm³/mol. The van der Waals surface area contributed by atoms with Crippen LogP contribution >= 0.6 is 0 Å². The van der Waals surface area contributed by atoms with Crippen LogP contribution in [0.25, 0.3) is 11.0 Å². The normalized spacial score (nSPS) is 19.0. The Bertz CT molecular complexity index is 655. The molecule has 1 saturated heterocycles. The van der Waals surface area contributed by atoms with Crippen LogP contribution in [0.5, 0.6) is 0 Å². The molecule has 0 saturated carbocycles. The fourth-order valence-electron chi connectivity index (χ4n) is 2.74. The van der Waals surface area contributed by atoms with Crippen LogP contribution in [0.3, 0.4) is 0 Å². The van der Waals surface area contributed by atoms with E-state index < -0.39 is 0 Å². The maximum absolute atomic E-state index is 13.2. The number of ether oxygens (including phenoxy) is 1. The average molecular weight is 291 g/mol. The third-order valence-corrected chi connectivity index (χ3v) is 3.77. The van der Waals surface area contributed by atoms with Crippen molar-refractivity contribution in [2.45, 2.75) is 19.8 Å². The highest BCUT2D eigenvalue weighted by molar-refractivity contribution is 5.78. The number of rotatable bonds is 3. The summed E-state index contributed by atoms with van der Waals surface area (Å²) in [5, 5.41) is 0. The number of hydrogen-bond donors (Lipinski definition) is 1. The maximum atomic E-state index is 13.2. The van der Waals surface area contributed by atoms with Gasteiger partial charge in [0.05, 0.1) is 23.6 Å². The van der Waals surface area contributed by atoms with Gasteiger partial charge in [0.1, 0.15) is 5.82 Å². The van der Waals surface area contributed by atoms with E-state index in [9.17, 15) is 9.18 Å². The molecule has 0 amide bonds. The molecule has 3 rings (SSSR count). The summed E-state index contributed by atoms with van der Waals surface area (Å²) in [5.74, 6) is 0.123. The molecule has 1 aliphatic heterocycles. The highest BCUT2D eigenvalue weighted by atomic mass is 19.1. The number of nitrogens with one attached hydrogen (secondary N) is 1. The summed E-state index contributed by atoms with van der Waals surface area (Å²) in [7, 11) is 0. The number of nitrogens with zero attached hydrogens (tertiary/aromatic N) is 2. The Hall–Kier alpha value is -2.11. The van der Waals surface area contributed by atoms with Crippen molar-refractivity contribution in [3.05, 3.63) is 24.0 Å². The van der Waals surface area contributed by atoms with Crippen LogP contribution in [0.4, 0.5) is 10.3 Å². The van der Waals surface area contributed by atoms with Gasteiger partial charge in [0.2, 0.25) is 5.95 Å². The van der Waals surface area contributed by atoms with Gasteiger partial charge in [-0.25, -0.2) is 9.37 Å². The van der Waals surface area contributed by atoms with Crippen LogP contribution < -0.4 is 4.90 Å². The van der Waals surface area contributed by atoms with Gasteiger partial charge in [-0.3, -0.25) is 4.79 Å². The SMILES string of the molecule is CCOC(=O)C1CCCN(c2nc3ccc(F)cc3[nH]2)C1. The summed E-state index contributed by atoms with van der Waals surface area (Å²) < 4.78 is 18.3. The number of anilines is 1. The molecule has 2 heterocycles. The summed E-state index contributed by atoms with van der Waals surface area (Å²) in [6.45, 7) is 3.63. The molecule has 1 unspecified atom stereocenters. The van der Waals surface area contributed by atoms with Gasteiger partial charge >= 0.3 is 5.97 Å². The van der Waals surface area contributed by atoms with Crippen LogP contribution in [-0.4, -0.2) is 35.6 Å². The summed E-state index contributed by atoms with van der Waals surface area (Å²) in [6, 6.07) is 4.47. The lowest BCUT2D eigenvalue weighted by Crippen LogP contribution is -2.40. The van der Waals surface area contributed by atoms with Crippen LogP contribution in [0, 0.1) is 11.7 Å². The fourth-order valence-corrected chi connectivity index (χ4v) is 2.74. The lowest BCUT2D eigenvalue weighted by atomic mass is 9.98. The van der Waals surface area contributed by atoms with Gasteiger partial charge in [-0.2, -0.15) is 0 Å². The highest BCUT2D eigenvalue weighted by Crippen LogP contribution is 2.24. The van der Waals surface area contributed by atoms with E-state index in [4.69, 9.17) is 4.74 Å². The second kappa shape index (κ2) is 5.71. The molecule has 6 heteroatoms. The number of benzene rings is 1. The second-order valence-electron chi connectivity index (χ2n) is 5.26. The third kappa shape index (κ3) is 2.84. The molecule has 5 nitrogen and oxygen atoms in total. The number of H-pyrrole nitrogens is 1. The number of hydrogen-bond acceptors (Lipinski definition) is 4. The lowest BCUT2D eigenvalue weighted by molar-refractivity contribution is -0.148. The number of carbonyl (C=O) groups is 1. The average Bonchev–Trinajstić information content (AvgIpc) is 2.90. The van der Waals surface area contributed by atoms with Gasteiger partial charge in [-0.05, 0) is 38.0 Å². The lowest BCUT2D eigenvalue weighted by Gasteiger charge is -2.31. The standard InChI is InChI=1S/C15H18FN3O2/c1-2-21-14(20)10-4-3-7-19(9-10)15-17-12-6-5-11(16)8-13(12)18-15/h5-6,8,10H,2-4,7,9H2,1H3,(H,17,18). The number of aromatic amines is 1. The summed E-state index contributed by atoms with van der Waals surface area (Å²) in [6.07, 6.45) is 1.75. The minimum absolute atomic E-state index is 0.122. The van der Waals surface area contributed by atoms with Crippen molar-refractivity contribution in [2.24, 2.45) is 5.92 Å². The van der Waals surface area contributed by atoms with E-state index in [-0.39, 0.29) is 17.7 Å². The van der Waals surface area contributed by atoms with E-state index in [1.165, 1.54) is 12.1 Å². The first kappa shape index (κ1) is 13.9. The molecule has 1 aromatic carbocycles. The molecule has 1 atom stereocenters. The minimum Gasteiger partial charge on any atom is -0.466 e. The number of aromatic nitrogens is 2. The van der Waals surface area contributed by atoms with Crippen molar-refractivity contribution in [2.75, 3.05) is 24.6 Å². The zero-order chi connectivity index (χ0) is 14.8. The molecule has 0 bridgehead atoms. The molecule has 112 valence electrons. The monoisotopic (exact) mass is 291 g/mol. The van der Waals surface area contributed by atoms with E-state index in [0.717, 1.165) is 24.9 Å². The predicted octanol–water partition coefficient (Wildman–Crippen LogP) is 2.48. The molecule has 2 aromatic rings. The first-order chi connectivity index (χ1) is 10.2. The number of fused-ring (bicyclic) bond motifs is 1. The van der Waals surface area contributed by atoms with Gasteiger partial charge in [-0.15, -0.1) is 0 Å². The van der Waals surface area contributed by atoms with Crippen molar-refractivity contribution >= 4 is 23.0 Å². The Morgan fingerprint density at radius 1 is 1.57 bits per heavy atom. The van der Waals surface area contributed by atoms with Gasteiger partial charge in [0.15, 0.2) is 0 Å². The van der Waals surface area contributed by atoms with Crippen molar-refractivity contribution in [1.29, 1.82) is 0 Å². The molecule has 0 spiro atoms. The summed E-state index contributed by atoms with van der Waals surface area (Å²) in [4.78, 5) is 21.5. The van der Waals surface area contributed by atoms with Gasteiger partial charge < -0.3 is 14.6 Å². The number of carbonyl (C=O) groups excluding carboxylic acids is 1. The van der Waals surface area contributed by atoms with E-state index in [1.54, 1.807) is 6.07 Å². The van der Waals surface area contributed by atoms with Crippen LogP contribution in [-0.2, 0) is 9.53 Å². The van der Waals surface area contributed by atoms with E-state index in [0.29, 0.717) is 24.6 Å². The number of imidazole rings is 1. The van der Waals surface area contributed by atoms with E-state index in [2.05, 4.69) is 9.97 Å². The molecule has 0 radical (unpaired) electrons. The van der Waals surface area contributed by atoms with Crippen molar-refractivity contribution in [3.8, 4) is 0 Å². The molecule has 1 fully saturated rings. The topological polar surface area (TPSA) is 58.2 Å². The van der Waals surface area contributed by atoms with Crippen molar-refractivity contribution in [1.82, 2.24) is 9.97 Å². The summed E-state index contributed by atoms with van der Waals surface area (Å²) in [5.41, 5.74) is 1.40. The Balaban J connectivity index is 1.79. The van der Waals surface area contributed by atoms with Gasteiger partial charge in [0.25, 0.3) is 0 Å². The first-order valence-electron chi connectivity index (χ1n) is 7.24. The first-order valence-corrected chi connectivity index (χ1v) is 7.24. The molecule has 1 aromatic heterocycles. The Kier molecular flexibility index (Phi) is 3.77. The smallest absolute Gasteiger partial charge is 0.310 e. The number of piperidine rings is 1. The van der Waals surface area contributed by atoms with E-state index in [1.807, 2.05) is 11.8 Å². The van der Waals surface area contributed by atoms with Gasteiger partial charge in [0, 0.05) is 13.1 Å². The van der Waals surface area contributed by atoms with Crippen LogP contribution in [0.15, 0.2) is 18.2 Å². The molecule has 21 heavy (non-hydrogen) atoms. The third-order valence-electron chi connectivity index (χ3n) is 3.77. The zero-order valence-corrected chi connectivity index (χ0v) is 11.9. The Morgan fingerprint density at radius 3 is 3.24 bits per heavy atom. The maximum Gasteiger partial charge on any atom is 0.310 e. The van der Waals surface area contributed by atoms with Gasteiger partial charge in [-0.1, -0.05) is 0 Å². The molecule has 1 N–H and O–H groups in total. The van der Waals surface area contributed by atoms with Crippen LogP contribution in [0.1, 0.15) is 19.8 Å². The van der Waals surface area contributed by atoms with Crippen molar-refractivity contribution < 1.29 is 13.9 Å². The quantitative estimate of drug-likeness (QED) is 0.883. The van der Waals surface area contributed by atoms with Crippen LogP contribution in [0.2, 0.25) is 0 Å². The largest absolute Gasteiger partial charge is 0.466 e. The zero-order valence-electron chi connectivity index (χ0n) is 11.9. The van der Waals surface area contributed by atoms with Crippen molar-refractivity contribution in [3.63, 3.8) is 0 Å². The molecule has 0 aliphatic carbocycles. The molecular formula is C15H18FN3O2. The Labute approximate surface area is 122 Å². The number of esters is 1. The minimum atomic E-state index is -0.291. The fraction of sp³-hybridized carbons (Fsp3) is 0.467. The second-order valence-corrected chi connectivity index (χ2v) is 5.26. The molecule has 1 aliphatic rings.